The molecule has 0 radical (unpaired) electrons. The van der Waals surface area contributed by atoms with Gasteiger partial charge in [-0.25, -0.2) is 17.2 Å². The summed E-state index contributed by atoms with van der Waals surface area (Å²) in [7, 11) is -2.72. The zero-order valence-corrected chi connectivity index (χ0v) is 12.1. The van der Waals surface area contributed by atoms with E-state index in [1.165, 1.54) is 7.05 Å². The Bertz CT molecular complexity index is 598. The monoisotopic (exact) mass is 304 g/mol. The zero-order valence-electron chi connectivity index (χ0n) is 11.3. The van der Waals surface area contributed by atoms with Gasteiger partial charge in [0.05, 0.1) is 0 Å². The molecule has 4 nitrogen and oxygen atoms in total. The molecule has 0 saturated heterocycles. The molecule has 1 aliphatic carbocycles. The van der Waals surface area contributed by atoms with Gasteiger partial charge in [-0.15, -0.1) is 0 Å². The summed E-state index contributed by atoms with van der Waals surface area (Å²) in [6.45, 7) is 0.166. The van der Waals surface area contributed by atoms with Gasteiger partial charge >= 0.3 is 0 Å². The van der Waals surface area contributed by atoms with E-state index in [0.717, 1.165) is 29.3 Å². The molecule has 1 aliphatic rings. The number of likely N-dealkylation sites (N-methyl/N-ethyl adjacent to an activating group) is 1. The first-order chi connectivity index (χ1) is 9.33. The van der Waals surface area contributed by atoms with Crippen LogP contribution in [0.2, 0.25) is 0 Å². The van der Waals surface area contributed by atoms with Crippen LogP contribution < -0.4 is 5.73 Å². The van der Waals surface area contributed by atoms with Gasteiger partial charge in [-0.05, 0) is 31.0 Å². The van der Waals surface area contributed by atoms with Crippen molar-refractivity contribution in [2.24, 2.45) is 5.73 Å². The van der Waals surface area contributed by atoms with Crippen molar-refractivity contribution in [3.63, 3.8) is 0 Å². The highest BCUT2D eigenvalue weighted by molar-refractivity contribution is 7.89. The fraction of sp³-hybridized carbons (Fsp3) is 0.538. The highest BCUT2D eigenvalue weighted by atomic mass is 32.2. The highest BCUT2D eigenvalue weighted by Crippen LogP contribution is 2.37. The maximum atomic E-state index is 13.7. The maximum absolute atomic E-state index is 13.7. The van der Waals surface area contributed by atoms with Crippen LogP contribution in [-0.2, 0) is 10.0 Å². The first-order valence-corrected chi connectivity index (χ1v) is 7.92. The SMILES string of the molecule is CN(C1(CN)CCCC1)S(=O)(=O)c1cc(F)ccc1F. The summed E-state index contributed by atoms with van der Waals surface area (Å²) in [6.07, 6.45) is 3.03. The quantitative estimate of drug-likeness (QED) is 0.923. The van der Waals surface area contributed by atoms with E-state index in [2.05, 4.69) is 0 Å². The Hall–Kier alpha value is -1.05. The van der Waals surface area contributed by atoms with Crippen molar-refractivity contribution in [1.29, 1.82) is 0 Å². The van der Waals surface area contributed by atoms with E-state index >= 15 is 0 Å². The Morgan fingerprint density at radius 2 is 1.90 bits per heavy atom. The molecule has 0 heterocycles. The number of nitrogens with zero attached hydrogens (tertiary/aromatic N) is 1. The lowest BCUT2D eigenvalue weighted by molar-refractivity contribution is 0.230. The van der Waals surface area contributed by atoms with Gasteiger partial charge in [-0.3, -0.25) is 0 Å². The number of rotatable bonds is 4. The molecular weight excluding hydrogens is 286 g/mol. The van der Waals surface area contributed by atoms with E-state index in [0.29, 0.717) is 18.9 Å². The molecule has 2 rings (SSSR count). The van der Waals surface area contributed by atoms with Gasteiger partial charge in [-0.2, -0.15) is 4.31 Å². The fourth-order valence-corrected chi connectivity index (χ4v) is 4.40. The second-order valence-corrected chi connectivity index (χ2v) is 7.12. The van der Waals surface area contributed by atoms with Crippen molar-refractivity contribution in [2.75, 3.05) is 13.6 Å². The molecule has 20 heavy (non-hydrogen) atoms. The zero-order chi connectivity index (χ0) is 15.0. The molecule has 2 N–H and O–H groups in total. The molecule has 0 amide bonds. The van der Waals surface area contributed by atoms with Gasteiger partial charge in [0.25, 0.3) is 0 Å². The van der Waals surface area contributed by atoms with Crippen LogP contribution in [0.4, 0.5) is 8.78 Å². The Labute approximate surface area is 117 Å². The lowest BCUT2D eigenvalue weighted by Gasteiger charge is -2.36. The minimum absolute atomic E-state index is 0.166. The van der Waals surface area contributed by atoms with E-state index in [-0.39, 0.29) is 6.54 Å². The predicted octanol–water partition coefficient (Wildman–Crippen LogP) is 1.86. The smallest absolute Gasteiger partial charge is 0.246 e. The summed E-state index contributed by atoms with van der Waals surface area (Å²) in [6, 6.07) is 2.42. The predicted molar refractivity (Wildman–Crippen MR) is 71.6 cm³/mol. The Morgan fingerprint density at radius 1 is 1.30 bits per heavy atom. The van der Waals surface area contributed by atoms with Crippen molar-refractivity contribution < 1.29 is 17.2 Å². The van der Waals surface area contributed by atoms with E-state index in [9.17, 15) is 17.2 Å². The van der Waals surface area contributed by atoms with Gasteiger partial charge in [0.2, 0.25) is 10.0 Å². The normalized spacial score (nSPS) is 18.6. The first-order valence-electron chi connectivity index (χ1n) is 6.48. The first kappa shape index (κ1) is 15.3. The summed E-state index contributed by atoms with van der Waals surface area (Å²) >= 11 is 0. The van der Waals surface area contributed by atoms with Gasteiger partial charge in [0, 0.05) is 19.1 Å². The second kappa shape index (κ2) is 5.38. The number of hydrogen-bond acceptors (Lipinski definition) is 3. The molecule has 0 unspecified atom stereocenters. The number of nitrogens with two attached hydrogens (primary N) is 1. The summed E-state index contributed by atoms with van der Waals surface area (Å²) in [5.41, 5.74) is 5.04. The van der Waals surface area contributed by atoms with Gasteiger partial charge in [-0.1, -0.05) is 12.8 Å². The maximum Gasteiger partial charge on any atom is 0.246 e. The van der Waals surface area contributed by atoms with Crippen LogP contribution in [0.15, 0.2) is 23.1 Å². The molecule has 1 saturated carbocycles. The third-order valence-corrected chi connectivity index (χ3v) is 6.09. The van der Waals surface area contributed by atoms with Crippen LogP contribution in [0, 0.1) is 11.6 Å². The number of benzene rings is 1. The molecule has 0 atom stereocenters. The van der Waals surface area contributed by atoms with Crippen LogP contribution in [0.5, 0.6) is 0 Å². The van der Waals surface area contributed by atoms with Gasteiger partial charge < -0.3 is 5.73 Å². The summed E-state index contributed by atoms with van der Waals surface area (Å²) < 4.78 is 53.1. The molecule has 1 fully saturated rings. The minimum atomic E-state index is -4.11. The van der Waals surface area contributed by atoms with Gasteiger partial charge in [0.1, 0.15) is 16.5 Å². The van der Waals surface area contributed by atoms with Crippen molar-refractivity contribution in [2.45, 2.75) is 36.1 Å². The van der Waals surface area contributed by atoms with Gasteiger partial charge in [0.15, 0.2) is 0 Å². The second-order valence-electron chi connectivity index (χ2n) is 5.18. The number of hydrogen-bond donors (Lipinski definition) is 1. The Kier molecular flexibility index (Phi) is 4.13. The van der Waals surface area contributed by atoms with Crippen LogP contribution >= 0.6 is 0 Å². The lowest BCUT2D eigenvalue weighted by Crippen LogP contribution is -2.52. The summed E-state index contributed by atoms with van der Waals surface area (Å²) in [5, 5.41) is 0. The van der Waals surface area contributed by atoms with E-state index < -0.39 is 32.1 Å². The minimum Gasteiger partial charge on any atom is -0.329 e. The third-order valence-electron chi connectivity index (χ3n) is 4.11. The molecule has 0 bridgehead atoms. The standard InChI is InChI=1S/C13H18F2N2O2S/c1-17(13(9-16)6-2-3-7-13)20(18,19)12-8-10(14)4-5-11(12)15/h4-5,8H,2-3,6-7,9,16H2,1H3. The fourth-order valence-electron chi connectivity index (χ4n) is 2.76. The molecular formula is C13H18F2N2O2S. The van der Waals surface area contributed by atoms with Crippen molar-refractivity contribution in [3.8, 4) is 0 Å². The average Bonchev–Trinajstić information content (AvgIpc) is 2.90. The molecule has 0 aromatic heterocycles. The molecule has 0 aliphatic heterocycles. The largest absolute Gasteiger partial charge is 0.329 e. The Balaban J connectivity index is 2.46. The third kappa shape index (κ3) is 2.45. The molecule has 1 aromatic rings. The topological polar surface area (TPSA) is 63.4 Å². The molecule has 1 aromatic carbocycles. The van der Waals surface area contributed by atoms with Crippen LogP contribution in [-0.4, -0.2) is 31.9 Å². The van der Waals surface area contributed by atoms with E-state index in [4.69, 9.17) is 5.73 Å². The van der Waals surface area contributed by atoms with E-state index in [1.807, 2.05) is 0 Å². The average molecular weight is 304 g/mol. The lowest BCUT2D eigenvalue weighted by atomic mass is 9.98. The Morgan fingerprint density at radius 3 is 2.45 bits per heavy atom. The number of sulfonamides is 1. The van der Waals surface area contributed by atoms with Crippen LogP contribution in [0.3, 0.4) is 0 Å². The van der Waals surface area contributed by atoms with Crippen molar-refractivity contribution in [1.82, 2.24) is 4.31 Å². The molecule has 112 valence electrons. The molecule has 7 heteroatoms. The van der Waals surface area contributed by atoms with Crippen molar-refractivity contribution in [3.05, 3.63) is 29.8 Å². The molecule has 0 spiro atoms. The summed E-state index contributed by atoms with van der Waals surface area (Å²) in [5.74, 6) is -1.74. The highest BCUT2D eigenvalue weighted by Gasteiger charge is 2.43. The summed E-state index contributed by atoms with van der Waals surface area (Å²) in [4.78, 5) is -0.639. The van der Waals surface area contributed by atoms with E-state index in [1.54, 1.807) is 0 Å². The van der Waals surface area contributed by atoms with Crippen molar-refractivity contribution >= 4 is 10.0 Å². The number of halogens is 2. The van der Waals surface area contributed by atoms with Crippen LogP contribution in [0.25, 0.3) is 0 Å². The van der Waals surface area contributed by atoms with Crippen LogP contribution in [0.1, 0.15) is 25.7 Å².